The minimum Gasteiger partial charge on any atom is -0.497 e. The number of rotatable bonds is 6. The summed E-state index contributed by atoms with van der Waals surface area (Å²) in [5.41, 5.74) is 1.87. The summed E-state index contributed by atoms with van der Waals surface area (Å²) in [4.78, 5) is 15.9. The van der Waals surface area contributed by atoms with E-state index in [1.165, 1.54) is 7.11 Å². The average molecular weight is 398 g/mol. The largest absolute Gasteiger partial charge is 0.497 e. The monoisotopic (exact) mass is 398 g/mol. The van der Waals surface area contributed by atoms with Crippen LogP contribution in [0.4, 0.5) is 5.69 Å². The van der Waals surface area contributed by atoms with Gasteiger partial charge in [-0.05, 0) is 42.5 Å². The lowest BCUT2D eigenvalue weighted by Gasteiger charge is -2.09. The quantitative estimate of drug-likeness (QED) is 0.479. The number of carbonyl (C=O) groups excluding carboxylic acids is 1. The van der Waals surface area contributed by atoms with Crippen LogP contribution in [0.25, 0.3) is 11.4 Å². The van der Waals surface area contributed by atoms with Gasteiger partial charge in [0.25, 0.3) is 0 Å². The Labute approximate surface area is 166 Å². The van der Waals surface area contributed by atoms with Gasteiger partial charge in [-0.3, -0.25) is 0 Å². The average Bonchev–Trinajstić information content (AvgIpc) is 3.21. The molecule has 0 saturated heterocycles. The maximum atomic E-state index is 11.6. The molecule has 3 aromatic rings. The van der Waals surface area contributed by atoms with E-state index in [0.29, 0.717) is 33.8 Å². The first-order valence-electron chi connectivity index (χ1n) is 8.29. The van der Waals surface area contributed by atoms with Gasteiger partial charge in [-0.25, -0.2) is 4.79 Å². The molecule has 8 nitrogen and oxygen atoms in total. The van der Waals surface area contributed by atoms with Crippen molar-refractivity contribution in [2.24, 2.45) is 0 Å². The van der Waals surface area contributed by atoms with E-state index in [1.807, 2.05) is 24.3 Å². The Hall–Kier alpha value is -3.46. The Balaban J connectivity index is 1.58. The summed E-state index contributed by atoms with van der Waals surface area (Å²) in [7, 11) is 2.93. The molecule has 0 spiro atoms. The Morgan fingerprint density at radius 1 is 1.18 bits per heavy atom. The minimum absolute atomic E-state index is 0.249. The Bertz CT molecular complexity index is 989. The fourth-order valence-electron chi connectivity index (χ4n) is 2.38. The zero-order valence-corrected chi connectivity index (χ0v) is 16.1. The van der Waals surface area contributed by atoms with Gasteiger partial charge in [0.05, 0.1) is 26.3 Å². The van der Waals surface area contributed by atoms with Crippen molar-refractivity contribution >= 4 is 29.0 Å². The molecular formula is C19H18N4O4S. The molecule has 0 unspecified atom stereocenters. The van der Waals surface area contributed by atoms with Gasteiger partial charge in [-0.1, -0.05) is 23.4 Å². The molecule has 3 rings (SSSR count). The number of ether oxygens (including phenoxy) is 2. The zero-order chi connectivity index (χ0) is 19.9. The van der Waals surface area contributed by atoms with E-state index in [4.69, 9.17) is 26.2 Å². The van der Waals surface area contributed by atoms with E-state index in [0.717, 1.165) is 5.56 Å². The van der Waals surface area contributed by atoms with Crippen molar-refractivity contribution in [3.63, 3.8) is 0 Å². The van der Waals surface area contributed by atoms with Crippen LogP contribution < -0.4 is 15.4 Å². The maximum absolute atomic E-state index is 11.6. The number of aromatic nitrogens is 2. The number of nitrogens with zero attached hydrogens (tertiary/aromatic N) is 2. The van der Waals surface area contributed by atoms with Crippen LogP contribution >= 0.6 is 12.2 Å². The van der Waals surface area contributed by atoms with Crippen LogP contribution in [-0.4, -0.2) is 35.4 Å². The topological polar surface area (TPSA) is 98.5 Å². The van der Waals surface area contributed by atoms with Gasteiger partial charge in [0.1, 0.15) is 5.75 Å². The molecule has 0 aliphatic carbocycles. The second kappa shape index (κ2) is 8.96. The van der Waals surface area contributed by atoms with Crippen molar-refractivity contribution in [1.29, 1.82) is 0 Å². The highest BCUT2D eigenvalue weighted by molar-refractivity contribution is 7.80. The lowest BCUT2D eigenvalue weighted by molar-refractivity contribution is 0.0601. The molecule has 1 heterocycles. The maximum Gasteiger partial charge on any atom is 0.337 e. The summed E-state index contributed by atoms with van der Waals surface area (Å²) in [5.74, 6) is 1.13. The van der Waals surface area contributed by atoms with Crippen LogP contribution in [0.1, 0.15) is 16.2 Å². The van der Waals surface area contributed by atoms with Crippen molar-refractivity contribution < 1.29 is 18.8 Å². The molecule has 2 N–H and O–H groups in total. The SMILES string of the molecule is COC(=O)c1cccc(NC(=S)NCc2nc(-c3cccc(OC)c3)no2)c1. The first kappa shape index (κ1) is 19.3. The lowest BCUT2D eigenvalue weighted by atomic mass is 10.2. The number of hydrogen-bond donors (Lipinski definition) is 2. The van der Waals surface area contributed by atoms with E-state index in [1.54, 1.807) is 31.4 Å². The molecule has 0 fully saturated rings. The summed E-state index contributed by atoms with van der Waals surface area (Å²) >= 11 is 5.26. The van der Waals surface area contributed by atoms with Gasteiger partial charge in [0.15, 0.2) is 5.11 Å². The number of esters is 1. The predicted octanol–water partition coefficient (Wildman–Crippen LogP) is 3.02. The Morgan fingerprint density at radius 2 is 2.00 bits per heavy atom. The van der Waals surface area contributed by atoms with Crippen molar-refractivity contribution in [2.45, 2.75) is 6.54 Å². The Morgan fingerprint density at radius 3 is 2.79 bits per heavy atom. The van der Waals surface area contributed by atoms with E-state index in [-0.39, 0.29) is 6.54 Å². The molecule has 0 atom stereocenters. The fourth-order valence-corrected chi connectivity index (χ4v) is 2.57. The van der Waals surface area contributed by atoms with E-state index in [2.05, 4.69) is 20.8 Å². The molecule has 1 aromatic heterocycles. The van der Waals surface area contributed by atoms with Gasteiger partial charge in [-0.15, -0.1) is 0 Å². The number of anilines is 1. The van der Waals surface area contributed by atoms with Crippen molar-refractivity contribution in [3.05, 3.63) is 60.0 Å². The smallest absolute Gasteiger partial charge is 0.337 e. The zero-order valence-electron chi connectivity index (χ0n) is 15.3. The fraction of sp³-hybridized carbons (Fsp3) is 0.158. The first-order chi connectivity index (χ1) is 13.6. The Kier molecular flexibility index (Phi) is 6.18. The van der Waals surface area contributed by atoms with Crippen molar-refractivity contribution in [1.82, 2.24) is 15.5 Å². The molecular weight excluding hydrogens is 380 g/mol. The summed E-state index contributed by atoms with van der Waals surface area (Å²) < 4.78 is 15.1. The molecule has 2 aromatic carbocycles. The van der Waals surface area contributed by atoms with E-state index >= 15 is 0 Å². The molecule has 0 radical (unpaired) electrons. The van der Waals surface area contributed by atoms with Crippen LogP contribution in [0.3, 0.4) is 0 Å². The predicted molar refractivity (Wildman–Crippen MR) is 107 cm³/mol. The molecule has 0 aliphatic heterocycles. The highest BCUT2D eigenvalue weighted by Gasteiger charge is 2.10. The molecule has 0 bridgehead atoms. The van der Waals surface area contributed by atoms with Gasteiger partial charge >= 0.3 is 5.97 Å². The van der Waals surface area contributed by atoms with Crippen molar-refractivity contribution in [2.75, 3.05) is 19.5 Å². The minimum atomic E-state index is -0.418. The van der Waals surface area contributed by atoms with Crippen LogP contribution in [-0.2, 0) is 11.3 Å². The number of methoxy groups -OCH3 is 2. The van der Waals surface area contributed by atoms with Crippen LogP contribution in [0.5, 0.6) is 5.75 Å². The second-order valence-corrected chi connectivity index (χ2v) is 6.03. The first-order valence-corrected chi connectivity index (χ1v) is 8.70. The van der Waals surface area contributed by atoms with Crippen LogP contribution in [0.15, 0.2) is 53.1 Å². The lowest BCUT2D eigenvalue weighted by Crippen LogP contribution is -2.28. The third kappa shape index (κ3) is 4.83. The third-order valence-electron chi connectivity index (χ3n) is 3.74. The second-order valence-electron chi connectivity index (χ2n) is 5.62. The van der Waals surface area contributed by atoms with Crippen LogP contribution in [0.2, 0.25) is 0 Å². The normalized spacial score (nSPS) is 10.2. The number of nitrogens with one attached hydrogen (secondary N) is 2. The van der Waals surface area contributed by atoms with E-state index in [9.17, 15) is 4.79 Å². The third-order valence-corrected chi connectivity index (χ3v) is 3.98. The standard InChI is InChI=1S/C19H18N4O4S/c1-25-15-8-4-5-12(10-15)17-22-16(27-23-17)11-20-19(28)21-14-7-3-6-13(9-14)18(24)26-2/h3-10H,11H2,1-2H3,(H2,20,21,28). The van der Waals surface area contributed by atoms with E-state index < -0.39 is 5.97 Å². The van der Waals surface area contributed by atoms with Gasteiger partial charge in [0.2, 0.25) is 11.7 Å². The molecule has 9 heteroatoms. The van der Waals surface area contributed by atoms with Gasteiger partial charge in [-0.2, -0.15) is 4.98 Å². The van der Waals surface area contributed by atoms with Gasteiger partial charge in [0, 0.05) is 11.3 Å². The van der Waals surface area contributed by atoms with Crippen molar-refractivity contribution in [3.8, 4) is 17.1 Å². The summed E-state index contributed by atoms with van der Waals surface area (Å²) in [5, 5.41) is 10.3. The van der Waals surface area contributed by atoms with Crippen LogP contribution in [0, 0.1) is 0 Å². The molecule has 0 saturated carbocycles. The summed E-state index contributed by atoms with van der Waals surface area (Å²) in [6.07, 6.45) is 0. The number of benzene rings is 2. The molecule has 28 heavy (non-hydrogen) atoms. The molecule has 0 amide bonds. The number of carbonyl (C=O) groups is 1. The molecule has 144 valence electrons. The summed E-state index contributed by atoms with van der Waals surface area (Å²) in [6, 6.07) is 14.2. The summed E-state index contributed by atoms with van der Waals surface area (Å²) in [6.45, 7) is 0.249. The number of hydrogen-bond acceptors (Lipinski definition) is 7. The van der Waals surface area contributed by atoms with Gasteiger partial charge < -0.3 is 24.6 Å². The highest BCUT2D eigenvalue weighted by Crippen LogP contribution is 2.21. The number of thiocarbonyl (C=S) groups is 1. The molecule has 0 aliphatic rings. The highest BCUT2D eigenvalue weighted by atomic mass is 32.1.